The summed E-state index contributed by atoms with van der Waals surface area (Å²) in [5.74, 6) is 0. The number of nitrogens with zero attached hydrogens (tertiary/aromatic N) is 1. The Labute approximate surface area is 79.0 Å². The van der Waals surface area contributed by atoms with Gasteiger partial charge in [-0.05, 0) is 25.2 Å². The third-order valence-electron chi connectivity index (χ3n) is 1.94. The van der Waals surface area contributed by atoms with Crippen LogP contribution in [0.15, 0.2) is 24.3 Å². The van der Waals surface area contributed by atoms with E-state index >= 15 is 0 Å². The van der Waals surface area contributed by atoms with E-state index in [0.29, 0.717) is 0 Å². The average Bonchev–Trinajstić information content (AvgIpc) is 2.09. The smallest absolute Gasteiger partial charge is 0.0451 e. The normalized spacial score (nSPS) is 10.7. The first-order valence-electron chi connectivity index (χ1n) is 4.16. The fourth-order valence-electron chi connectivity index (χ4n) is 1.03. The van der Waals surface area contributed by atoms with Gasteiger partial charge in [0.15, 0.2) is 0 Å². The van der Waals surface area contributed by atoms with Gasteiger partial charge >= 0.3 is 0 Å². The lowest BCUT2D eigenvalue weighted by atomic mass is 10.2. The van der Waals surface area contributed by atoms with Crippen LogP contribution >= 0.6 is 11.6 Å². The van der Waals surface area contributed by atoms with E-state index in [1.54, 1.807) is 0 Å². The van der Waals surface area contributed by atoms with Gasteiger partial charge in [0.2, 0.25) is 0 Å². The van der Waals surface area contributed by atoms with E-state index in [1.165, 1.54) is 5.56 Å². The second-order valence-electron chi connectivity index (χ2n) is 2.92. The summed E-state index contributed by atoms with van der Waals surface area (Å²) in [4.78, 5) is 2.22. The van der Waals surface area contributed by atoms with Crippen LogP contribution in [0.25, 0.3) is 0 Å². The van der Waals surface area contributed by atoms with Crippen LogP contribution in [0.1, 0.15) is 12.5 Å². The molecule has 2 heteroatoms. The lowest BCUT2D eigenvalue weighted by molar-refractivity contribution is 0.346. The van der Waals surface area contributed by atoms with Gasteiger partial charge in [0, 0.05) is 11.6 Å². The number of hydrogen-bond donors (Lipinski definition) is 0. The Morgan fingerprint density at radius 2 is 2.00 bits per heavy atom. The zero-order valence-electron chi connectivity index (χ0n) is 7.55. The first kappa shape index (κ1) is 9.56. The fourth-order valence-corrected chi connectivity index (χ4v) is 1.22. The maximum absolute atomic E-state index is 6.00. The largest absolute Gasteiger partial charge is 0.302 e. The minimum absolute atomic E-state index is 0.859. The lowest BCUT2D eigenvalue weighted by Gasteiger charge is -2.14. The van der Waals surface area contributed by atoms with Gasteiger partial charge in [-0.1, -0.05) is 36.7 Å². The highest BCUT2D eigenvalue weighted by Gasteiger charge is 2.00. The topological polar surface area (TPSA) is 3.24 Å². The molecule has 0 fully saturated rings. The number of rotatable bonds is 3. The van der Waals surface area contributed by atoms with Crippen LogP contribution < -0.4 is 0 Å². The molecule has 1 rings (SSSR count). The van der Waals surface area contributed by atoms with E-state index in [9.17, 15) is 0 Å². The molecule has 0 unspecified atom stereocenters. The van der Waals surface area contributed by atoms with Gasteiger partial charge in [0.1, 0.15) is 0 Å². The van der Waals surface area contributed by atoms with Gasteiger partial charge < -0.3 is 4.90 Å². The maximum Gasteiger partial charge on any atom is 0.0451 e. The Morgan fingerprint density at radius 1 is 1.33 bits per heavy atom. The standard InChI is InChI=1S/C10H14ClN/c1-3-12(2)8-9-6-4-5-7-10(9)11/h4-7H,3,8H2,1-2H3. The third-order valence-corrected chi connectivity index (χ3v) is 2.31. The van der Waals surface area contributed by atoms with Crippen LogP contribution in [0.4, 0.5) is 0 Å². The van der Waals surface area contributed by atoms with Crippen molar-refractivity contribution in [3.05, 3.63) is 34.9 Å². The Kier molecular flexibility index (Phi) is 3.57. The Balaban J connectivity index is 2.69. The highest BCUT2D eigenvalue weighted by Crippen LogP contribution is 2.15. The molecule has 0 atom stereocenters. The molecule has 0 saturated heterocycles. The monoisotopic (exact) mass is 183 g/mol. The van der Waals surface area contributed by atoms with Crippen molar-refractivity contribution in [3.8, 4) is 0 Å². The van der Waals surface area contributed by atoms with Crippen molar-refractivity contribution in [2.45, 2.75) is 13.5 Å². The minimum Gasteiger partial charge on any atom is -0.302 e. The van der Waals surface area contributed by atoms with Crippen molar-refractivity contribution in [2.24, 2.45) is 0 Å². The zero-order valence-corrected chi connectivity index (χ0v) is 8.30. The van der Waals surface area contributed by atoms with E-state index in [-0.39, 0.29) is 0 Å². The van der Waals surface area contributed by atoms with Crippen LogP contribution in [0.2, 0.25) is 5.02 Å². The molecular formula is C10H14ClN. The second kappa shape index (κ2) is 4.48. The van der Waals surface area contributed by atoms with E-state index in [1.807, 2.05) is 18.2 Å². The van der Waals surface area contributed by atoms with Gasteiger partial charge in [-0.2, -0.15) is 0 Å². The van der Waals surface area contributed by atoms with Crippen molar-refractivity contribution in [1.29, 1.82) is 0 Å². The van der Waals surface area contributed by atoms with Crippen molar-refractivity contribution in [2.75, 3.05) is 13.6 Å². The fraction of sp³-hybridized carbons (Fsp3) is 0.400. The van der Waals surface area contributed by atoms with Gasteiger partial charge in [0.25, 0.3) is 0 Å². The molecule has 12 heavy (non-hydrogen) atoms. The van der Waals surface area contributed by atoms with Crippen molar-refractivity contribution in [3.63, 3.8) is 0 Å². The Hall–Kier alpha value is -0.530. The summed E-state index contributed by atoms with van der Waals surface area (Å²) in [6.07, 6.45) is 0. The number of hydrogen-bond acceptors (Lipinski definition) is 1. The lowest BCUT2D eigenvalue weighted by Crippen LogP contribution is -2.16. The third kappa shape index (κ3) is 2.50. The minimum atomic E-state index is 0.859. The number of halogens is 1. The Bertz CT molecular complexity index is 247. The molecule has 0 aliphatic carbocycles. The van der Waals surface area contributed by atoms with Crippen LogP contribution in [-0.4, -0.2) is 18.5 Å². The predicted molar refractivity (Wildman–Crippen MR) is 53.5 cm³/mol. The Morgan fingerprint density at radius 3 is 2.58 bits per heavy atom. The van der Waals surface area contributed by atoms with Crippen molar-refractivity contribution in [1.82, 2.24) is 4.90 Å². The molecule has 0 aromatic heterocycles. The van der Waals surface area contributed by atoms with E-state index in [0.717, 1.165) is 18.1 Å². The van der Waals surface area contributed by atoms with Crippen LogP contribution in [0.3, 0.4) is 0 Å². The molecule has 0 saturated carbocycles. The van der Waals surface area contributed by atoms with E-state index in [2.05, 4.69) is 24.9 Å². The quantitative estimate of drug-likeness (QED) is 0.697. The summed E-state index contributed by atoms with van der Waals surface area (Å²) < 4.78 is 0. The predicted octanol–water partition coefficient (Wildman–Crippen LogP) is 2.79. The molecule has 1 aromatic carbocycles. The molecule has 1 nitrogen and oxygen atoms in total. The highest BCUT2D eigenvalue weighted by molar-refractivity contribution is 6.31. The number of benzene rings is 1. The average molecular weight is 184 g/mol. The van der Waals surface area contributed by atoms with Crippen LogP contribution in [-0.2, 0) is 6.54 Å². The first-order chi connectivity index (χ1) is 5.74. The molecule has 0 aliphatic rings. The maximum atomic E-state index is 6.00. The molecule has 0 amide bonds. The summed E-state index contributed by atoms with van der Waals surface area (Å²) in [7, 11) is 2.09. The summed E-state index contributed by atoms with van der Waals surface area (Å²) in [6.45, 7) is 4.11. The van der Waals surface area contributed by atoms with Gasteiger partial charge in [0.05, 0.1) is 0 Å². The molecule has 0 bridgehead atoms. The molecule has 0 radical (unpaired) electrons. The van der Waals surface area contributed by atoms with Gasteiger partial charge in [-0.15, -0.1) is 0 Å². The van der Waals surface area contributed by atoms with E-state index in [4.69, 9.17) is 11.6 Å². The van der Waals surface area contributed by atoms with E-state index < -0.39 is 0 Å². The summed E-state index contributed by atoms with van der Waals surface area (Å²) in [5.41, 5.74) is 1.20. The molecule has 0 spiro atoms. The summed E-state index contributed by atoms with van der Waals surface area (Å²) >= 11 is 6.00. The van der Waals surface area contributed by atoms with Crippen LogP contribution in [0.5, 0.6) is 0 Å². The van der Waals surface area contributed by atoms with Crippen molar-refractivity contribution < 1.29 is 0 Å². The molecular weight excluding hydrogens is 170 g/mol. The molecule has 0 N–H and O–H groups in total. The van der Waals surface area contributed by atoms with Crippen molar-refractivity contribution >= 4 is 11.6 Å². The summed E-state index contributed by atoms with van der Waals surface area (Å²) in [5, 5.41) is 0.859. The molecule has 1 aromatic rings. The van der Waals surface area contributed by atoms with Gasteiger partial charge in [-0.25, -0.2) is 0 Å². The second-order valence-corrected chi connectivity index (χ2v) is 3.33. The van der Waals surface area contributed by atoms with Crippen LogP contribution in [0, 0.1) is 0 Å². The molecule has 0 aliphatic heterocycles. The SMILES string of the molecule is CCN(C)Cc1ccccc1Cl. The first-order valence-corrected chi connectivity index (χ1v) is 4.53. The van der Waals surface area contributed by atoms with Gasteiger partial charge in [-0.3, -0.25) is 0 Å². The zero-order chi connectivity index (χ0) is 8.97. The molecule has 66 valence electrons. The summed E-state index contributed by atoms with van der Waals surface area (Å²) in [6, 6.07) is 7.97. The highest BCUT2D eigenvalue weighted by atomic mass is 35.5. The molecule has 0 heterocycles.